The smallest absolute Gasteiger partial charge is 0.309 e. The number of para-hydroxylation sites is 1. The van der Waals surface area contributed by atoms with E-state index in [2.05, 4.69) is 0 Å². The average molecular weight is 483 g/mol. The molecule has 1 aliphatic rings. The second-order valence-electron chi connectivity index (χ2n) is 8.79. The maximum Gasteiger partial charge on any atom is 0.309 e. The summed E-state index contributed by atoms with van der Waals surface area (Å²) in [4.78, 5) is 27.0. The standard InChI is InChI=1S/C26H30N2O5S/c1-3-33-26(30)21-12-14-27(15-13-21)25(29)17-28-16-24(22-6-4-5-7-23(22)28)34(31,32)18-20-10-8-19(2)9-11-20/h4-11,16,21H,3,12-15,17-18H2,1-2H3. The Balaban J connectivity index is 1.52. The Bertz CT molecular complexity index is 1290. The van der Waals surface area contributed by atoms with E-state index in [-0.39, 0.29) is 35.0 Å². The van der Waals surface area contributed by atoms with Gasteiger partial charge in [-0.15, -0.1) is 0 Å². The van der Waals surface area contributed by atoms with Gasteiger partial charge in [0.1, 0.15) is 6.54 Å². The molecule has 0 atom stereocenters. The van der Waals surface area contributed by atoms with Crippen molar-refractivity contribution in [2.75, 3.05) is 19.7 Å². The van der Waals surface area contributed by atoms with Crippen molar-refractivity contribution in [1.29, 1.82) is 0 Å². The molecule has 0 unspecified atom stereocenters. The van der Waals surface area contributed by atoms with Crippen LogP contribution in [-0.2, 0) is 36.5 Å². The molecule has 0 N–H and O–H groups in total. The molecule has 2 heterocycles. The lowest BCUT2D eigenvalue weighted by Crippen LogP contribution is -2.42. The molecule has 1 aliphatic heterocycles. The summed E-state index contributed by atoms with van der Waals surface area (Å²) in [6.45, 7) is 5.12. The van der Waals surface area contributed by atoms with Crippen LogP contribution in [0.1, 0.15) is 30.9 Å². The molecule has 8 heteroatoms. The summed E-state index contributed by atoms with van der Waals surface area (Å²) in [5.74, 6) is -0.564. The van der Waals surface area contributed by atoms with Gasteiger partial charge in [0.15, 0.2) is 9.84 Å². The number of ether oxygens (including phenoxy) is 1. The van der Waals surface area contributed by atoms with E-state index in [0.717, 1.165) is 11.1 Å². The number of carbonyl (C=O) groups is 2. The van der Waals surface area contributed by atoms with Crippen molar-refractivity contribution in [3.63, 3.8) is 0 Å². The van der Waals surface area contributed by atoms with Gasteiger partial charge >= 0.3 is 5.97 Å². The highest BCUT2D eigenvalue weighted by atomic mass is 32.2. The van der Waals surface area contributed by atoms with Crippen LogP contribution in [0, 0.1) is 12.8 Å². The topological polar surface area (TPSA) is 85.7 Å². The molecule has 34 heavy (non-hydrogen) atoms. The summed E-state index contributed by atoms with van der Waals surface area (Å²) in [6, 6.07) is 14.7. The monoisotopic (exact) mass is 482 g/mol. The van der Waals surface area contributed by atoms with Gasteiger partial charge in [0.25, 0.3) is 0 Å². The summed E-state index contributed by atoms with van der Waals surface area (Å²) < 4.78 is 33.4. The third-order valence-corrected chi connectivity index (χ3v) is 8.05. The minimum atomic E-state index is -3.61. The number of aromatic nitrogens is 1. The summed E-state index contributed by atoms with van der Waals surface area (Å²) in [5.41, 5.74) is 2.50. The molecule has 0 bridgehead atoms. The van der Waals surface area contributed by atoms with E-state index in [1.54, 1.807) is 34.7 Å². The number of hydrogen-bond acceptors (Lipinski definition) is 5. The number of likely N-dealkylation sites (tertiary alicyclic amines) is 1. The Morgan fingerprint density at radius 3 is 2.38 bits per heavy atom. The van der Waals surface area contributed by atoms with E-state index in [1.165, 1.54) is 0 Å². The van der Waals surface area contributed by atoms with Crippen molar-refractivity contribution < 1.29 is 22.7 Å². The van der Waals surface area contributed by atoms with Crippen LogP contribution in [0.15, 0.2) is 59.6 Å². The molecule has 0 radical (unpaired) electrons. The van der Waals surface area contributed by atoms with Gasteiger partial charge < -0.3 is 14.2 Å². The molecule has 0 aliphatic carbocycles. The lowest BCUT2D eigenvalue weighted by atomic mass is 9.97. The summed E-state index contributed by atoms with van der Waals surface area (Å²) in [5, 5.41) is 0.614. The van der Waals surface area contributed by atoms with Crippen LogP contribution in [0.2, 0.25) is 0 Å². The highest BCUT2D eigenvalue weighted by Gasteiger charge is 2.29. The first-order valence-electron chi connectivity index (χ1n) is 11.6. The van der Waals surface area contributed by atoms with Gasteiger partial charge in [-0.3, -0.25) is 9.59 Å². The predicted octanol–water partition coefficient (Wildman–Crippen LogP) is 3.73. The first kappa shape index (κ1) is 24.0. The fourth-order valence-corrected chi connectivity index (χ4v) is 6.03. The van der Waals surface area contributed by atoms with Crippen molar-refractivity contribution in [1.82, 2.24) is 9.47 Å². The van der Waals surface area contributed by atoms with Crippen LogP contribution >= 0.6 is 0 Å². The Hall–Kier alpha value is -3.13. The van der Waals surface area contributed by atoms with Crippen molar-refractivity contribution >= 4 is 32.6 Å². The van der Waals surface area contributed by atoms with E-state index in [9.17, 15) is 18.0 Å². The molecular weight excluding hydrogens is 452 g/mol. The van der Waals surface area contributed by atoms with Crippen LogP contribution in [-0.4, -0.2) is 49.5 Å². The Labute approximate surface area is 200 Å². The average Bonchev–Trinajstić information content (AvgIpc) is 3.20. The lowest BCUT2D eigenvalue weighted by Gasteiger charge is -2.31. The summed E-state index contributed by atoms with van der Waals surface area (Å²) in [6.07, 6.45) is 2.73. The number of esters is 1. The van der Waals surface area contributed by atoms with Gasteiger partial charge in [-0.1, -0.05) is 48.0 Å². The molecule has 1 aromatic heterocycles. The fraction of sp³-hybridized carbons (Fsp3) is 0.385. The lowest BCUT2D eigenvalue weighted by molar-refractivity contribution is -0.151. The molecule has 7 nitrogen and oxygen atoms in total. The van der Waals surface area contributed by atoms with E-state index in [0.29, 0.717) is 43.4 Å². The van der Waals surface area contributed by atoms with Crippen LogP contribution in [0.5, 0.6) is 0 Å². The van der Waals surface area contributed by atoms with Crippen molar-refractivity contribution in [3.8, 4) is 0 Å². The molecule has 1 saturated heterocycles. The highest BCUT2D eigenvalue weighted by molar-refractivity contribution is 7.90. The van der Waals surface area contributed by atoms with Gasteiger partial charge in [0, 0.05) is 30.2 Å². The summed E-state index contributed by atoms with van der Waals surface area (Å²) >= 11 is 0. The number of amides is 1. The molecular formula is C26H30N2O5S. The number of hydrogen-bond donors (Lipinski definition) is 0. The number of fused-ring (bicyclic) bond motifs is 1. The highest BCUT2D eigenvalue weighted by Crippen LogP contribution is 2.28. The molecule has 1 amide bonds. The third kappa shape index (κ3) is 5.17. The largest absolute Gasteiger partial charge is 0.466 e. The number of piperidine rings is 1. The molecule has 1 fully saturated rings. The number of sulfone groups is 1. The van der Waals surface area contributed by atoms with E-state index in [1.807, 2.05) is 43.3 Å². The van der Waals surface area contributed by atoms with E-state index in [4.69, 9.17) is 4.74 Å². The minimum absolute atomic E-state index is 0.0463. The Kier molecular flexibility index (Phi) is 7.07. The molecule has 3 aromatic rings. The van der Waals surface area contributed by atoms with E-state index < -0.39 is 9.84 Å². The number of rotatable bonds is 7. The van der Waals surface area contributed by atoms with Gasteiger partial charge in [-0.05, 0) is 38.3 Å². The number of aryl methyl sites for hydroxylation is 1. The van der Waals surface area contributed by atoms with Crippen molar-refractivity contribution in [2.45, 2.75) is 43.9 Å². The second-order valence-corrected chi connectivity index (χ2v) is 10.7. The van der Waals surface area contributed by atoms with Crippen LogP contribution in [0.4, 0.5) is 0 Å². The van der Waals surface area contributed by atoms with Crippen molar-refractivity contribution in [3.05, 3.63) is 65.9 Å². The van der Waals surface area contributed by atoms with Crippen LogP contribution < -0.4 is 0 Å². The Morgan fingerprint density at radius 2 is 1.71 bits per heavy atom. The van der Waals surface area contributed by atoms with E-state index >= 15 is 0 Å². The third-order valence-electron chi connectivity index (χ3n) is 6.34. The molecule has 4 rings (SSSR count). The maximum absolute atomic E-state index is 13.3. The zero-order valence-electron chi connectivity index (χ0n) is 19.6. The number of benzene rings is 2. The fourth-order valence-electron chi connectivity index (χ4n) is 4.44. The first-order valence-corrected chi connectivity index (χ1v) is 13.2. The second kappa shape index (κ2) is 10.0. The van der Waals surface area contributed by atoms with Gasteiger partial charge in [-0.2, -0.15) is 0 Å². The first-order chi connectivity index (χ1) is 16.3. The van der Waals surface area contributed by atoms with Gasteiger partial charge in [-0.25, -0.2) is 8.42 Å². The zero-order chi connectivity index (χ0) is 24.3. The molecule has 0 saturated carbocycles. The van der Waals surface area contributed by atoms with Gasteiger partial charge in [0.2, 0.25) is 5.91 Å². The zero-order valence-corrected chi connectivity index (χ0v) is 20.4. The molecule has 180 valence electrons. The number of nitrogens with zero attached hydrogens (tertiary/aromatic N) is 2. The number of carbonyl (C=O) groups excluding carboxylic acids is 2. The SMILES string of the molecule is CCOC(=O)C1CCN(C(=O)Cn2cc(S(=O)(=O)Cc3ccc(C)cc3)c3ccccc32)CC1. The van der Waals surface area contributed by atoms with Crippen LogP contribution in [0.3, 0.4) is 0 Å². The minimum Gasteiger partial charge on any atom is -0.466 e. The van der Waals surface area contributed by atoms with Gasteiger partial charge in [0.05, 0.1) is 23.2 Å². The molecule has 2 aromatic carbocycles. The van der Waals surface area contributed by atoms with Crippen LogP contribution in [0.25, 0.3) is 10.9 Å². The normalized spacial score (nSPS) is 14.9. The Morgan fingerprint density at radius 1 is 1.03 bits per heavy atom. The summed E-state index contributed by atoms with van der Waals surface area (Å²) in [7, 11) is -3.61. The van der Waals surface area contributed by atoms with Crippen molar-refractivity contribution in [2.24, 2.45) is 5.92 Å². The maximum atomic E-state index is 13.3. The quantitative estimate of drug-likeness (QED) is 0.479. The predicted molar refractivity (Wildman–Crippen MR) is 130 cm³/mol. The molecule has 0 spiro atoms.